The van der Waals surface area contributed by atoms with E-state index in [9.17, 15) is 0 Å². The third-order valence-electron chi connectivity index (χ3n) is 3.03. The number of benzene rings is 1. The Bertz CT molecular complexity index is 691. The largest absolute Gasteiger partial charge is 0.414 e. The zero-order valence-electron chi connectivity index (χ0n) is 10.5. The molecule has 0 radical (unpaired) electrons. The summed E-state index contributed by atoms with van der Waals surface area (Å²) in [6.45, 7) is 0. The third-order valence-corrected chi connectivity index (χ3v) is 3.54. The number of para-hydroxylation sites is 1. The number of hydrogen-bond acceptors (Lipinski definition) is 5. The van der Waals surface area contributed by atoms with Gasteiger partial charge in [0, 0.05) is 17.1 Å². The minimum absolute atomic E-state index is 0.285. The Morgan fingerprint density at radius 1 is 1.37 bits per heavy atom. The molecule has 3 aromatic rings. The maximum Gasteiger partial charge on any atom is 0.276 e. The minimum atomic E-state index is -0.285. The molecule has 1 atom stereocenters. The molecule has 0 aliphatic heterocycles. The van der Waals surface area contributed by atoms with Gasteiger partial charge in [-0.25, -0.2) is 0 Å². The molecule has 98 valence electrons. The van der Waals surface area contributed by atoms with Crippen molar-refractivity contribution in [2.75, 3.05) is 6.26 Å². The highest BCUT2D eigenvalue weighted by atomic mass is 32.2. The van der Waals surface area contributed by atoms with Crippen molar-refractivity contribution in [3.63, 3.8) is 0 Å². The van der Waals surface area contributed by atoms with Crippen molar-refractivity contribution in [3.05, 3.63) is 41.9 Å². The van der Waals surface area contributed by atoms with Crippen molar-refractivity contribution in [1.29, 1.82) is 0 Å². The van der Waals surface area contributed by atoms with Gasteiger partial charge in [0.05, 0.1) is 6.04 Å². The molecule has 0 aliphatic rings. The average Bonchev–Trinajstić information content (AvgIpc) is 3.06. The summed E-state index contributed by atoms with van der Waals surface area (Å²) in [5, 5.41) is 9.61. The number of nitrogens with zero attached hydrogens (tertiary/aromatic N) is 2. The van der Waals surface area contributed by atoms with Crippen molar-refractivity contribution in [2.24, 2.45) is 5.73 Å². The van der Waals surface area contributed by atoms with Crippen LogP contribution in [0.3, 0.4) is 0 Å². The molecule has 3 N–H and O–H groups in total. The average molecular weight is 274 g/mol. The fourth-order valence-corrected chi connectivity index (χ4v) is 2.37. The van der Waals surface area contributed by atoms with Gasteiger partial charge >= 0.3 is 0 Å². The van der Waals surface area contributed by atoms with Gasteiger partial charge in [-0.05, 0) is 24.3 Å². The summed E-state index contributed by atoms with van der Waals surface area (Å²) in [4.78, 5) is 3.24. The Balaban J connectivity index is 1.84. The molecule has 0 fully saturated rings. The minimum Gasteiger partial charge on any atom is -0.414 e. The normalized spacial score (nSPS) is 12.9. The lowest BCUT2D eigenvalue weighted by Crippen LogP contribution is -2.13. The van der Waals surface area contributed by atoms with E-state index in [1.54, 1.807) is 0 Å². The molecule has 5 nitrogen and oxygen atoms in total. The number of nitrogens with one attached hydrogen (secondary N) is 1. The van der Waals surface area contributed by atoms with Crippen LogP contribution in [-0.4, -0.2) is 21.4 Å². The second kappa shape index (κ2) is 5.07. The number of thioether (sulfide) groups is 1. The Kier molecular flexibility index (Phi) is 3.27. The number of rotatable bonds is 4. The lowest BCUT2D eigenvalue weighted by atomic mass is 10.1. The van der Waals surface area contributed by atoms with Crippen LogP contribution in [0.5, 0.6) is 0 Å². The Labute approximate surface area is 114 Å². The van der Waals surface area contributed by atoms with Crippen molar-refractivity contribution in [3.8, 4) is 0 Å². The Morgan fingerprint density at radius 3 is 3.00 bits per heavy atom. The molecular formula is C13H14N4OS. The highest BCUT2D eigenvalue weighted by Crippen LogP contribution is 2.23. The highest BCUT2D eigenvalue weighted by molar-refractivity contribution is 7.98. The van der Waals surface area contributed by atoms with E-state index in [1.165, 1.54) is 17.1 Å². The van der Waals surface area contributed by atoms with Gasteiger partial charge in [0.25, 0.3) is 5.22 Å². The number of fused-ring (bicyclic) bond motifs is 1. The van der Waals surface area contributed by atoms with E-state index in [-0.39, 0.29) is 6.04 Å². The molecule has 0 saturated heterocycles. The molecule has 19 heavy (non-hydrogen) atoms. The van der Waals surface area contributed by atoms with E-state index in [1.807, 2.05) is 30.7 Å². The number of nitrogens with two attached hydrogens (primary N) is 1. The first-order valence-electron chi connectivity index (χ1n) is 5.96. The number of aromatic amines is 1. The standard InChI is InChI=1S/C13H14N4OS/c1-19-13-17-16-12(18-13)10(14)6-8-7-15-11-5-3-2-4-9(8)11/h2-5,7,10,15H,6,14H2,1H3/t10-/m1/s1. The van der Waals surface area contributed by atoms with Gasteiger partial charge in [-0.15, -0.1) is 10.2 Å². The van der Waals surface area contributed by atoms with Crippen LogP contribution in [0.2, 0.25) is 0 Å². The number of hydrogen-bond donors (Lipinski definition) is 2. The van der Waals surface area contributed by atoms with E-state index in [0.29, 0.717) is 17.5 Å². The molecule has 1 aromatic carbocycles. The summed E-state index contributed by atoms with van der Waals surface area (Å²) >= 11 is 1.42. The van der Waals surface area contributed by atoms with Crippen molar-refractivity contribution < 1.29 is 4.42 Å². The van der Waals surface area contributed by atoms with E-state index in [0.717, 1.165) is 11.1 Å². The molecule has 0 unspecified atom stereocenters. The first-order chi connectivity index (χ1) is 9.28. The van der Waals surface area contributed by atoms with E-state index >= 15 is 0 Å². The predicted octanol–water partition coefficient (Wildman–Crippen LogP) is 2.52. The second-order valence-corrected chi connectivity index (χ2v) is 5.04. The van der Waals surface area contributed by atoms with E-state index in [4.69, 9.17) is 10.2 Å². The van der Waals surface area contributed by atoms with Crippen LogP contribution in [0, 0.1) is 0 Å². The summed E-state index contributed by atoms with van der Waals surface area (Å²) < 4.78 is 5.46. The maximum atomic E-state index is 6.13. The third kappa shape index (κ3) is 2.36. The molecule has 2 aromatic heterocycles. The zero-order chi connectivity index (χ0) is 13.2. The van der Waals surface area contributed by atoms with E-state index in [2.05, 4.69) is 21.2 Å². The summed E-state index contributed by atoms with van der Waals surface area (Å²) in [7, 11) is 0. The first-order valence-corrected chi connectivity index (χ1v) is 7.18. The number of H-pyrrole nitrogens is 1. The van der Waals surface area contributed by atoms with Gasteiger partial charge in [-0.3, -0.25) is 0 Å². The van der Waals surface area contributed by atoms with Gasteiger partial charge in [-0.1, -0.05) is 30.0 Å². The van der Waals surface area contributed by atoms with Gasteiger partial charge in [0.2, 0.25) is 5.89 Å². The van der Waals surface area contributed by atoms with Crippen molar-refractivity contribution in [2.45, 2.75) is 17.7 Å². The molecule has 0 spiro atoms. The predicted molar refractivity (Wildman–Crippen MR) is 75.0 cm³/mol. The van der Waals surface area contributed by atoms with Crippen LogP contribution in [0.4, 0.5) is 0 Å². The monoisotopic (exact) mass is 274 g/mol. The fraction of sp³-hybridized carbons (Fsp3) is 0.231. The van der Waals surface area contributed by atoms with Crippen LogP contribution >= 0.6 is 11.8 Å². The molecule has 0 bridgehead atoms. The molecule has 6 heteroatoms. The molecule has 3 rings (SSSR count). The van der Waals surface area contributed by atoms with Gasteiger partial charge < -0.3 is 15.1 Å². The molecule has 0 aliphatic carbocycles. The van der Waals surface area contributed by atoms with E-state index < -0.39 is 0 Å². The molecule has 0 amide bonds. The van der Waals surface area contributed by atoms with Gasteiger partial charge in [0.1, 0.15) is 0 Å². The highest BCUT2D eigenvalue weighted by Gasteiger charge is 2.16. The van der Waals surface area contributed by atoms with Crippen LogP contribution in [0.15, 0.2) is 40.1 Å². The van der Waals surface area contributed by atoms with Crippen LogP contribution in [0.1, 0.15) is 17.5 Å². The summed E-state index contributed by atoms with van der Waals surface area (Å²) in [5.74, 6) is 0.481. The SMILES string of the molecule is CSc1nnc([C@H](N)Cc2c[nH]c3ccccc23)o1. The van der Waals surface area contributed by atoms with Crippen molar-refractivity contribution >= 4 is 22.7 Å². The molecule has 2 heterocycles. The summed E-state index contributed by atoms with van der Waals surface area (Å²) in [6, 6.07) is 7.86. The summed E-state index contributed by atoms with van der Waals surface area (Å²) in [6.07, 6.45) is 4.54. The lowest BCUT2D eigenvalue weighted by Gasteiger charge is -2.05. The molecule has 0 saturated carbocycles. The lowest BCUT2D eigenvalue weighted by molar-refractivity contribution is 0.386. The van der Waals surface area contributed by atoms with Crippen LogP contribution in [-0.2, 0) is 6.42 Å². The fourth-order valence-electron chi connectivity index (χ4n) is 2.08. The second-order valence-electron chi connectivity index (χ2n) is 4.28. The quantitative estimate of drug-likeness (QED) is 0.714. The summed E-state index contributed by atoms with van der Waals surface area (Å²) in [5.41, 5.74) is 8.40. The van der Waals surface area contributed by atoms with Gasteiger partial charge in [0.15, 0.2) is 0 Å². The smallest absolute Gasteiger partial charge is 0.276 e. The molecular weight excluding hydrogens is 260 g/mol. The zero-order valence-corrected chi connectivity index (χ0v) is 11.3. The van der Waals surface area contributed by atoms with Crippen molar-refractivity contribution in [1.82, 2.24) is 15.2 Å². The van der Waals surface area contributed by atoms with Crippen LogP contribution < -0.4 is 5.73 Å². The topological polar surface area (TPSA) is 80.7 Å². The Morgan fingerprint density at radius 2 is 2.21 bits per heavy atom. The number of aromatic nitrogens is 3. The maximum absolute atomic E-state index is 6.13. The Hall–Kier alpha value is -1.79. The van der Waals surface area contributed by atoms with Gasteiger partial charge in [-0.2, -0.15) is 0 Å². The van der Waals surface area contributed by atoms with Crippen LogP contribution in [0.25, 0.3) is 10.9 Å². The first kappa shape index (κ1) is 12.3.